The number of methoxy groups -OCH3 is 1. The van der Waals surface area contributed by atoms with Gasteiger partial charge in [-0.25, -0.2) is 17.5 Å². The monoisotopic (exact) mass is 352 g/mol. The van der Waals surface area contributed by atoms with E-state index in [1.807, 2.05) is 0 Å². The highest BCUT2D eigenvalue weighted by Gasteiger charge is 2.34. The van der Waals surface area contributed by atoms with Crippen LogP contribution in [-0.2, 0) is 14.8 Å². The van der Waals surface area contributed by atoms with Crippen molar-refractivity contribution >= 4 is 22.4 Å². The maximum atomic E-state index is 13.4. The third-order valence-corrected chi connectivity index (χ3v) is 5.06. The summed E-state index contributed by atoms with van der Waals surface area (Å²) in [6, 6.07) is 3.78. The molecule has 1 unspecified atom stereocenters. The quantitative estimate of drug-likeness (QED) is 0.816. The first-order valence-corrected chi connectivity index (χ1v) is 8.36. The Balaban J connectivity index is 0.00000242. The van der Waals surface area contributed by atoms with Gasteiger partial charge in [0.2, 0.25) is 10.0 Å². The zero-order valence-electron chi connectivity index (χ0n) is 12.7. The first-order valence-electron chi connectivity index (χ1n) is 6.88. The highest BCUT2D eigenvalue weighted by atomic mass is 35.5. The van der Waals surface area contributed by atoms with Gasteiger partial charge in [-0.2, -0.15) is 0 Å². The van der Waals surface area contributed by atoms with Crippen molar-refractivity contribution in [3.8, 4) is 0 Å². The SMILES string of the molecule is COCC1(CNS(=O)(=O)c2cc(C)cc(F)c2)CCCN1.Cl. The van der Waals surface area contributed by atoms with Crippen LogP contribution in [0.5, 0.6) is 0 Å². The van der Waals surface area contributed by atoms with Crippen LogP contribution >= 0.6 is 12.4 Å². The van der Waals surface area contributed by atoms with Crippen LogP contribution < -0.4 is 10.0 Å². The summed E-state index contributed by atoms with van der Waals surface area (Å²) in [7, 11) is -2.15. The van der Waals surface area contributed by atoms with Gasteiger partial charge < -0.3 is 10.1 Å². The lowest BCUT2D eigenvalue weighted by Gasteiger charge is -2.28. The van der Waals surface area contributed by atoms with E-state index in [0.29, 0.717) is 12.2 Å². The highest BCUT2D eigenvalue weighted by molar-refractivity contribution is 7.89. The second kappa shape index (κ2) is 7.70. The number of ether oxygens (including phenoxy) is 1. The lowest BCUT2D eigenvalue weighted by atomic mass is 9.99. The van der Waals surface area contributed by atoms with Gasteiger partial charge in [0.25, 0.3) is 0 Å². The van der Waals surface area contributed by atoms with Crippen LogP contribution in [0.15, 0.2) is 23.1 Å². The molecular weight excluding hydrogens is 331 g/mol. The summed E-state index contributed by atoms with van der Waals surface area (Å²) in [6.45, 7) is 3.15. The summed E-state index contributed by atoms with van der Waals surface area (Å²) in [5.41, 5.74) is 0.186. The van der Waals surface area contributed by atoms with E-state index < -0.39 is 15.8 Å². The van der Waals surface area contributed by atoms with Gasteiger partial charge in [-0.3, -0.25) is 0 Å². The fourth-order valence-electron chi connectivity index (χ4n) is 2.64. The maximum Gasteiger partial charge on any atom is 0.240 e. The fourth-order valence-corrected chi connectivity index (χ4v) is 3.89. The largest absolute Gasteiger partial charge is 0.383 e. The van der Waals surface area contributed by atoms with Gasteiger partial charge in [0, 0.05) is 13.7 Å². The van der Waals surface area contributed by atoms with Crippen LogP contribution in [0, 0.1) is 12.7 Å². The average molecular weight is 353 g/mol. The van der Waals surface area contributed by atoms with Gasteiger partial charge in [0.05, 0.1) is 17.0 Å². The van der Waals surface area contributed by atoms with Gasteiger partial charge in [0.1, 0.15) is 5.82 Å². The molecule has 126 valence electrons. The molecule has 1 atom stereocenters. The van der Waals surface area contributed by atoms with Crippen molar-refractivity contribution in [1.29, 1.82) is 0 Å². The van der Waals surface area contributed by atoms with Crippen molar-refractivity contribution in [1.82, 2.24) is 10.0 Å². The molecule has 1 saturated heterocycles. The molecule has 0 saturated carbocycles. The molecule has 8 heteroatoms. The van der Waals surface area contributed by atoms with Gasteiger partial charge in [-0.1, -0.05) is 0 Å². The van der Waals surface area contributed by atoms with E-state index in [0.717, 1.165) is 25.5 Å². The van der Waals surface area contributed by atoms with E-state index in [1.54, 1.807) is 14.0 Å². The minimum atomic E-state index is -3.73. The van der Waals surface area contributed by atoms with Crippen molar-refractivity contribution in [2.24, 2.45) is 0 Å². The van der Waals surface area contributed by atoms with E-state index in [-0.39, 0.29) is 29.4 Å². The molecule has 0 amide bonds. The minimum Gasteiger partial charge on any atom is -0.383 e. The zero-order valence-corrected chi connectivity index (χ0v) is 14.3. The second-order valence-corrected chi connectivity index (χ2v) is 7.30. The van der Waals surface area contributed by atoms with Crippen LogP contribution in [0.1, 0.15) is 18.4 Å². The Hall–Kier alpha value is -0.730. The van der Waals surface area contributed by atoms with Crippen LogP contribution in [0.2, 0.25) is 0 Å². The molecule has 1 heterocycles. The fraction of sp³-hybridized carbons (Fsp3) is 0.571. The topological polar surface area (TPSA) is 67.4 Å². The molecule has 22 heavy (non-hydrogen) atoms. The number of sulfonamides is 1. The normalized spacial score (nSPS) is 21.6. The summed E-state index contributed by atoms with van der Waals surface area (Å²) in [4.78, 5) is -0.0504. The number of aryl methyl sites for hydroxylation is 1. The van der Waals surface area contributed by atoms with Crippen LogP contribution in [-0.4, -0.2) is 40.8 Å². The first-order chi connectivity index (χ1) is 9.87. The van der Waals surface area contributed by atoms with E-state index in [1.165, 1.54) is 12.1 Å². The maximum absolute atomic E-state index is 13.4. The van der Waals surface area contributed by atoms with Gasteiger partial charge in [0.15, 0.2) is 0 Å². The lowest BCUT2D eigenvalue weighted by molar-refractivity contribution is 0.122. The molecule has 1 aliphatic rings. The minimum absolute atomic E-state index is 0. The smallest absolute Gasteiger partial charge is 0.240 e. The third kappa shape index (κ3) is 4.63. The number of nitrogens with one attached hydrogen (secondary N) is 2. The summed E-state index contributed by atoms with van der Waals surface area (Å²) in [5, 5.41) is 3.29. The molecule has 5 nitrogen and oxygen atoms in total. The molecule has 1 aliphatic heterocycles. The Morgan fingerprint density at radius 3 is 2.68 bits per heavy atom. The van der Waals surface area contributed by atoms with Gasteiger partial charge >= 0.3 is 0 Å². The highest BCUT2D eigenvalue weighted by Crippen LogP contribution is 2.20. The van der Waals surface area contributed by atoms with Crippen molar-refractivity contribution in [3.05, 3.63) is 29.6 Å². The van der Waals surface area contributed by atoms with Crippen LogP contribution in [0.4, 0.5) is 4.39 Å². The first kappa shape index (κ1) is 19.3. The van der Waals surface area contributed by atoms with Crippen LogP contribution in [0.3, 0.4) is 0 Å². The molecule has 2 rings (SSSR count). The standard InChI is InChI=1S/C14H21FN2O3S.ClH/c1-11-6-12(15)8-13(7-11)21(18,19)17-9-14(10-20-2)4-3-5-16-14;/h6-8,16-17H,3-5,9-10H2,1-2H3;1H. The summed E-state index contributed by atoms with van der Waals surface area (Å²) in [5.74, 6) is -0.555. The Kier molecular flexibility index (Phi) is 6.76. The van der Waals surface area contributed by atoms with Crippen molar-refractivity contribution in [2.45, 2.75) is 30.2 Å². The Bertz CT molecular complexity index is 584. The second-order valence-electron chi connectivity index (χ2n) is 5.53. The number of hydrogen-bond donors (Lipinski definition) is 2. The van der Waals surface area contributed by atoms with E-state index >= 15 is 0 Å². The molecule has 0 bridgehead atoms. The molecule has 0 radical (unpaired) electrons. The van der Waals surface area contributed by atoms with Gasteiger partial charge in [-0.15, -0.1) is 12.4 Å². The lowest BCUT2D eigenvalue weighted by Crippen LogP contribution is -2.52. The summed E-state index contributed by atoms with van der Waals surface area (Å²) < 4.78 is 45.7. The predicted molar refractivity (Wildman–Crippen MR) is 85.4 cm³/mol. The van der Waals surface area contributed by atoms with Gasteiger partial charge in [-0.05, 0) is 50.1 Å². The molecule has 0 spiro atoms. The molecule has 0 aliphatic carbocycles. The molecule has 1 fully saturated rings. The van der Waals surface area contributed by atoms with Crippen molar-refractivity contribution in [2.75, 3.05) is 26.8 Å². The zero-order chi connectivity index (χ0) is 15.5. The molecule has 1 aromatic rings. The Morgan fingerprint density at radius 2 is 2.14 bits per heavy atom. The summed E-state index contributed by atoms with van der Waals surface area (Å²) >= 11 is 0. The molecule has 1 aromatic carbocycles. The molecule has 2 N–H and O–H groups in total. The molecular formula is C14H22ClFN2O3S. The van der Waals surface area contributed by atoms with E-state index in [9.17, 15) is 12.8 Å². The van der Waals surface area contributed by atoms with E-state index in [4.69, 9.17) is 4.74 Å². The van der Waals surface area contributed by atoms with Crippen molar-refractivity contribution < 1.29 is 17.5 Å². The number of halogens is 2. The number of rotatable bonds is 6. The third-order valence-electron chi connectivity index (χ3n) is 3.68. The van der Waals surface area contributed by atoms with Crippen molar-refractivity contribution in [3.63, 3.8) is 0 Å². The predicted octanol–water partition coefficient (Wildman–Crippen LogP) is 1.60. The number of hydrogen-bond acceptors (Lipinski definition) is 4. The Morgan fingerprint density at radius 1 is 1.41 bits per heavy atom. The molecule has 0 aromatic heterocycles. The summed E-state index contributed by atoms with van der Waals surface area (Å²) in [6.07, 6.45) is 1.82. The number of benzene rings is 1. The average Bonchev–Trinajstić information content (AvgIpc) is 2.85. The van der Waals surface area contributed by atoms with E-state index in [2.05, 4.69) is 10.0 Å². The Labute approximate surface area is 137 Å². The van der Waals surface area contributed by atoms with Crippen LogP contribution in [0.25, 0.3) is 0 Å².